The van der Waals surface area contributed by atoms with Crippen LogP contribution >= 0.6 is 32.2 Å². The molecule has 9 heteroatoms. The molecular weight excluding hydrogens is 490 g/mol. The molecule has 5 nitrogen and oxygen atoms in total. The van der Waals surface area contributed by atoms with Gasteiger partial charge in [-0.3, -0.25) is 9.48 Å². The van der Waals surface area contributed by atoms with Crippen LogP contribution < -0.4 is 0 Å². The van der Waals surface area contributed by atoms with Crippen molar-refractivity contribution in [1.29, 1.82) is 0 Å². The molecule has 0 fully saturated rings. The Hall–Kier alpha value is -2.05. The highest BCUT2D eigenvalue weighted by atomic mass is 35.5. The third-order valence-corrected chi connectivity index (χ3v) is 7.58. The Morgan fingerprint density at radius 1 is 1.38 bits per heavy atom. The lowest BCUT2D eigenvalue weighted by molar-refractivity contribution is -0.127. The largest absolute Gasteiger partial charge is 0.333 e. The lowest BCUT2D eigenvalue weighted by Crippen LogP contribution is -2.37. The monoisotopic (exact) mass is 518 g/mol. The van der Waals surface area contributed by atoms with Crippen LogP contribution in [-0.2, 0) is 23.3 Å². The molecule has 2 aromatic heterocycles. The second kappa shape index (κ2) is 9.90. The molecule has 0 saturated carbocycles. The van der Waals surface area contributed by atoms with Crippen molar-refractivity contribution in [3.8, 4) is 11.1 Å². The first-order chi connectivity index (χ1) is 16.1. The summed E-state index contributed by atoms with van der Waals surface area (Å²) in [4.78, 5) is 17.5. The number of carbonyl (C=O) groups excluding carboxylic acids is 1. The van der Waals surface area contributed by atoms with Crippen LogP contribution in [0.4, 0.5) is 4.39 Å². The molecule has 0 spiro atoms. The summed E-state index contributed by atoms with van der Waals surface area (Å²) in [6.45, 7) is 7.62. The van der Waals surface area contributed by atoms with Gasteiger partial charge in [0.25, 0.3) is 0 Å². The van der Waals surface area contributed by atoms with Gasteiger partial charge in [-0.15, -0.1) is 11.3 Å². The normalized spacial score (nSPS) is 17.5. The summed E-state index contributed by atoms with van der Waals surface area (Å²) in [7, 11) is 6.27. The van der Waals surface area contributed by atoms with Gasteiger partial charge in [-0.05, 0) is 49.9 Å². The SMILES string of the molecule is C=CC(=O)N1Cc2sc(Cl)cc2C(c2ccccc2-c2cn(CCN(C)C)nc2C(C)(F)P)C1. The lowest BCUT2D eigenvalue weighted by Gasteiger charge is -2.33. The molecule has 1 aromatic carbocycles. The molecule has 1 aliphatic rings. The highest BCUT2D eigenvalue weighted by molar-refractivity contribution is 7.18. The Kier molecular flexibility index (Phi) is 7.30. The number of aromatic nitrogens is 2. The molecule has 1 amide bonds. The second-order valence-electron chi connectivity index (χ2n) is 9.03. The Balaban J connectivity index is 1.84. The summed E-state index contributed by atoms with van der Waals surface area (Å²) in [6.07, 6.45) is 3.27. The Morgan fingerprint density at radius 3 is 2.79 bits per heavy atom. The predicted octanol–water partition coefficient (Wildman–Crippen LogP) is 5.50. The maximum absolute atomic E-state index is 15.3. The van der Waals surface area contributed by atoms with Gasteiger partial charge in [0.05, 0.1) is 17.4 Å². The van der Waals surface area contributed by atoms with Gasteiger partial charge in [0.15, 0.2) is 5.41 Å². The van der Waals surface area contributed by atoms with Gasteiger partial charge in [0.2, 0.25) is 5.91 Å². The van der Waals surface area contributed by atoms with E-state index in [-0.39, 0.29) is 11.8 Å². The zero-order valence-electron chi connectivity index (χ0n) is 19.6. The van der Waals surface area contributed by atoms with Crippen molar-refractivity contribution in [2.24, 2.45) is 0 Å². The minimum Gasteiger partial charge on any atom is -0.333 e. The molecule has 4 rings (SSSR count). The van der Waals surface area contributed by atoms with Gasteiger partial charge in [-0.25, -0.2) is 4.39 Å². The number of hydrogen-bond acceptors (Lipinski definition) is 4. The lowest BCUT2D eigenvalue weighted by atomic mass is 9.83. The number of fused-ring (bicyclic) bond motifs is 1. The molecule has 180 valence electrons. The van der Waals surface area contributed by atoms with E-state index in [0.29, 0.717) is 29.7 Å². The van der Waals surface area contributed by atoms with Gasteiger partial charge in [0.1, 0.15) is 5.69 Å². The summed E-state index contributed by atoms with van der Waals surface area (Å²) >= 11 is 7.89. The first-order valence-corrected chi connectivity index (χ1v) is 12.8. The zero-order valence-corrected chi connectivity index (χ0v) is 22.3. The van der Waals surface area contributed by atoms with Gasteiger partial charge < -0.3 is 9.80 Å². The summed E-state index contributed by atoms with van der Waals surface area (Å²) < 4.78 is 17.8. The van der Waals surface area contributed by atoms with Crippen LogP contribution in [0.25, 0.3) is 11.1 Å². The molecule has 3 unspecified atom stereocenters. The molecule has 3 aromatic rings. The smallest absolute Gasteiger partial charge is 0.246 e. The van der Waals surface area contributed by atoms with Crippen LogP contribution in [0.2, 0.25) is 4.34 Å². The van der Waals surface area contributed by atoms with E-state index in [0.717, 1.165) is 33.7 Å². The van der Waals surface area contributed by atoms with Crippen LogP contribution in [-0.4, -0.2) is 52.7 Å². The second-order valence-corrected chi connectivity index (χ2v) is 11.9. The molecule has 3 atom stereocenters. The van der Waals surface area contributed by atoms with Crippen molar-refractivity contribution >= 4 is 38.1 Å². The van der Waals surface area contributed by atoms with Gasteiger partial charge in [-0.1, -0.05) is 51.7 Å². The number of carbonyl (C=O) groups is 1. The maximum atomic E-state index is 15.3. The van der Waals surface area contributed by atoms with E-state index in [1.165, 1.54) is 24.3 Å². The number of hydrogen-bond donors (Lipinski definition) is 0. The quantitative estimate of drug-likeness (QED) is 0.306. The van der Waals surface area contributed by atoms with Crippen LogP contribution in [0.1, 0.15) is 34.5 Å². The van der Waals surface area contributed by atoms with Crippen LogP contribution in [0.3, 0.4) is 0 Å². The summed E-state index contributed by atoms with van der Waals surface area (Å²) in [5, 5.41) is 2.92. The molecule has 0 aliphatic carbocycles. The van der Waals surface area contributed by atoms with E-state index in [1.807, 2.05) is 49.2 Å². The van der Waals surface area contributed by atoms with Crippen molar-refractivity contribution in [3.05, 3.63) is 75.2 Å². The van der Waals surface area contributed by atoms with E-state index in [4.69, 9.17) is 11.6 Å². The average Bonchev–Trinajstić information content (AvgIpc) is 3.39. The van der Waals surface area contributed by atoms with Crippen LogP contribution in [0.5, 0.6) is 0 Å². The predicted molar refractivity (Wildman–Crippen MR) is 141 cm³/mol. The van der Waals surface area contributed by atoms with Crippen molar-refractivity contribution in [1.82, 2.24) is 19.6 Å². The van der Waals surface area contributed by atoms with Crippen molar-refractivity contribution in [3.63, 3.8) is 0 Å². The van der Waals surface area contributed by atoms with Crippen LogP contribution in [0, 0.1) is 0 Å². The maximum Gasteiger partial charge on any atom is 0.246 e. The van der Waals surface area contributed by atoms with E-state index in [2.05, 4.69) is 31.9 Å². The Labute approximate surface area is 211 Å². The first-order valence-electron chi connectivity index (χ1n) is 11.1. The minimum atomic E-state index is -1.69. The van der Waals surface area contributed by atoms with Crippen molar-refractivity contribution < 1.29 is 9.18 Å². The molecule has 34 heavy (non-hydrogen) atoms. The molecule has 1 aliphatic heterocycles. The van der Waals surface area contributed by atoms with Gasteiger partial charge in [0, 0.05) is 35.6 Å². The molecule has 0 bridgehead atoms. The van der Waals surface area contributed by atoms with E-state index in [9.17, 15) is 4.79 Å². The summed E-state index contributed by atoms with van der Waals surface area (Å²) in [6, 6.07) is 9.98. The number of benzene rings is 1. The zero-order chi connectivity index (χ0) is 24.6. The topological polar surface area (TPSA) is 41.4 Å². The third-order valence-electron chi connectivity index (χ3n) is 6.04. The fraction of sp³-hybridized carbons (Fsp3) is 0.360. The highest BCUT2D eigenvalue weighted by Gasteiger charge is 2.34. The average molecular weight is 519 g/mol. The standard InChI is InChI=1S/C25H29ClFN4OPS/c1-5-23(32)30-13-19(18-12-22(26)34-21(18)15-30)16-8-6-7-9-17(16)20-14-31(11-10-29(3)4)28-24(20)25(2,27)33/h5-9,12,14,19H,1,10-11,13,15,33H2,2-4H3. The fourth-order valence-corrected chi connectivity index (χ4v) is 5.96. The number of thiophene rings is 1. The summed E-state index contributed by atoms with van der Waals surface area (Å²) in [5.74, 6) is -0.211. The number of rotatable bonds is 7. The number of likely N-dealkylation sites (N-methyl/N-ethyl adjacent to an activating group) is 1. The fourth-order valence-electron chi connectivity index (χ4n) is 4.39. The minimum absolute atomic E-state index is 0.0963. The molecule has 0 radical (unpaired) electrons. The Morgan fingerprint density at radius 2 is 2.12 bits per heavy atom. The van der Waals surface area contributed by atoms with Gasteiger partial charge in [-0.2, -0.15) is 5.10 Å². The first kappa shape index (κ1) is 25.1. The molecule has 0 N–H and O–H groups in total. The summed E-state index contributed by atoms with van der Waals surface area (Å²) in [5.41, 5.74) is 4.17. The molecule has 3 heterocycles. The number of alkyl halides is 1. The van der Waals surface area contributed by atoms with Crippen molar-refractivity contribution in [2.45, 2.75) is 31.3 Å². The number of amides is 1. The van der Waals surface area contributed by atoms with E-state index in [1.54, 1.807) is 4.90 Å². The Bertz CT molecular complexity index is 1220. The van der Waals surface area contributed by atoms with E-state index >= 15 is 4.39 Å². The molecular formula is C25H29ClFN4OPS. The van der Waals surface area contributed by atoms with E-state index < -0.39 is 5.41 Å². The van der Waals surface area contributed by atoms with Crippen LogP contribution in [0.15, 0.2) is 49.2 Å². The van der Waals surface area contributed by atoms with Crippen molar-refractivity contribution in [2.75, 3.05) is 27.2 Å². The van der Waals surface area contributed by atoms with Gasteiger partial charge >= 0.3 is 0 Å². The third kappa shape index (κ3) is 5.13. The molecule has 0 saturated heterocycles. The number of nitrogens with zero attached hydrogens (tertiary/aromatic N) is 4. The number of halogens is 2. The highest BCUT2D eigenvalue weighted by Crippen LogP contribution is 2.45.